The fourth-order valence-electron chi connectivity index (χ4n) is 2.81. The lowest BCUT2D eigenvalue weighted by Gasteiger charge is -2.28. The molecule has 2 rings (SSSR count). The molecule has 1 heterocycles. The molecule has 0 aliphatic carbocycles. The van der Waals surface area contributed by atoms with Crippen LogP contribution in [0.4, 0.5) is 13.2 Å². The predicted molar refractivity (Wildman–Crippen MR) is 75.1 cm³/mol. The number of carbonyl (C=O) groups is 1. The number of piperidine rings is 1. The smallest absolute Gasteiger partial charge is 0.316 e. The van der Waals surface area contributed by atoms with Crippen LogP contribution in [0.3, 0.4) is 0 Å². The van der Waals surface area contributed by atoms with Crippen molar-refractivity contribution in [2.75, 3.05) is 13.1 Å². The Kier molecular flexibility index (Phi) is 5.04. The Hall–Kier alpha value is -1.36. The van der Waals surface area contributed by atoms with Gasteiger partial charge < -0.3 is 5.32 Å². The first-order chi connectivity index (χ1) is 9.88. The Balaban J connectivity index is 2.02. The lowest BCUT2D eigenvalue weighted by molar-refractivity contribution is -0.137. The van der Waals surface area contributed by atoms with E-state index in [1.165, 1.54) is 12.1 Å². The van der Waals surface area contributed by atoms with Gasteiger partial charge in [0.25, 0.3) is 0 Å². The average Bonchev–Trinajstić information content (AvgIpc) is 2.47. The van der Waals surface area contributed by atoms with Gasteiger partial charge in [-0.25, -0.2) is 0 Å². The number of benzene rings is 1. The van der Waals surface area contributed by atoms with Crippen molar-refractivity contribution in [3.05, 3.63) is 35.4 Å². The molecule has 0 aromatic heterocycles. The average molecular weight is 299 g/mol. The largest absolute Gasteiger partial charge is 0.416 e. The van der Waals surface area contributed by atoms with Crippen LogP contribution in [-0.2, 0) is 6.18 Å². The van der Waals surface area contributed by atoms with E-state index in [1.54, 1.807) is 0 Å². The summed E-state index contributed by atoms with van der Waals surface area (Å²) in [6, 6.07) is 4.70. The van der Waals surface area contributed by atoms with Crippen molar-refractivity contribution in [2.45, 2.75) is 32.4 Å². The van der Waals surface area contributed by atoms with Gasteiger partial charge in [-0.3, -0.25) is 4.79 Å². The van der Waals surface area contributed by atoms with E-state index >= 15 is 0 Å². The van der Waals surface area contributed by atoms with Crippen LogP contribution in [0.1, 0.15) is 42.1 Å². The molecular weight excluding hydrogens is 279 g/mol. The van der Waals surface area contributed by atoms with E-state index in [4.69, 9.17) is 0 Å². The lowest BCUT2D eigenvalue weighted by atomic mass is 9.83. The zero-order valence-corrected chi connectivity index (χ0v) is 12.0. The summed E-state index contributed by atoms with van der Waals surface area (Å²) in [5.74, 6) is 0.396. The molecule has 2 nitrogen and oxygen atoms in total. The molecule has 1 aromatic rings. The van der Waals surface area contributed by atoms with Crippen molar-refractivity contribution in [1.29, 1.82) is 0 Å². The molecule has 2 atom stereocenters. The van der Waals surface area contributed by atoms with E-state index in [0.717, 1.165) is 38.1 Å². The highest BCUT2D eigenvalue weighted by Gasteiger charge is 2.31. The fraction of sp³-hybridized carbons (Fsp3) is 0.562. The van der Waals surface area contributed by atoms with Crippen LogP contribution < -0.4 is 5.32 Å². The molecule has 1 aromatic carbocycles. The van der Waals surface area contributed by atoms with E-state index in [1.807, 2.05) is 6.92 Å². The molecule has 1 N–H and O–H groups in total. The van der Waals surface area contributed by atoms with Crippen molar-refractivity contribution >= 4 is 5.78 Å². The van der Waals surface area contributed by atoms with Crippen molar-refractivity contribution in [1.82, 2.24) is 5.32 Å². The minimum atomic E-state index is -4.41. The zero-order chi connectivity index (χ0) is 15.5. The lowest BCUT2D eigenvalue weighted by Crippen LogP contribution is -2.34. The van der Waals surface area contributed by atoms with Gasteiger partial charge in [-0.2, -0.15) is 13.2 Å². The third-order valence-electron chi connectivity index (χ3n) is 4.16. The Morgan fingerprint density at radius 1 is 1.43 bits per heavy atom. The van der Waals surface area contributed by atoms with Crippen LogP contribution in [0.15, 0.2) is 24.3 Å². The number of hydrogen-bond acceptors (Lipinski definition) is 2. The highest BCUT2D eigenvalue weighted by molar-refractivity contribution is 5.96. The number of hydrogen-bond donors (Lipinski definition) is 1. The summed E-state index contributed by atoms with van der Waals surface area (Å²) in [6.45, 7) is 3.89. The second-order valence-corrected chi connectivity index (χ2v) is 5.79. The summed E-state index contributed by atoms with van der Waals surface area (Å²) in [4.78, 5) is 12.2. The molecule has 0 saturated carbocycles. The van der Waals surface area contributed by atoms with Gasteiger partial charge >= 0.3 is 6.18 Å². The summed E-state index contributed by atoms with van der Waals surface area (Å²) in [5, 5.41) is 3.30. The van der Waals surface area contributed by atoms with Gasteiger partial charge in [0.15, 0.2) is 5.78 Å². The zero-order valence-electron chi connectivity index (χ0n) is 12.0. The van der Waals surface area contributed by atoms with Crippen LogP contribution in [0.5, 0.6) is 0 Å². The normalized spacial score (nSPS) is 21.0. The molecule has 0 spiro atoms. The summed E-state index contributed by atoms with van der Waals surface area (Å²) >= 11 is 0. The minimum absolute atomic E-state index is 0.153. The molecule has 116 valence electrons. The minimum Gasteiger partial charge on any atom is -0.316 e. The van der Waals surface area contributed by atoms with Gasteiger partial charge in [0.05, 0.1) is 5.56 Å². The van der Waals surface area contributed by atoms with Crippen molar-refractivity contribution in [2.24, 2.45) is 11.8 Å². The standard InChI is InChI=1S/C16H20F3NO/c1-11(13-5-3-7-20-10-13)8-15(21)12-4-2-6-14(9-12)16(17,18)19/h2,4,6,9,11,13,20H,3,5,7-8,10H2,1H3. The quantitative estimate of drug-likeness (QED) is 0.854. The second-order valence-electron chi connectivity index (χ2n) is 5.79. The van der Waals surface area contributed by atoms with E-state index in [-0.39, 0.29) is 17.3 Å². The Labute approximate surface area is 122 Å². The second kappa shape index (κ2) is 6.60. The third-order valence-corrected chi connectivity index (χ3v) is 4.16. The highest BCUT2D eigenvalue weighted by atomic mass is 19.4. The summed E-state index contributed by atoms with van der Waals surface area (Å²) < 4.78 is 38.0. The first-order valence-corrected chi connectivity index (χ1v) is 7.29. The molecular formula is C16H20F3NO. The van der Waals surface area contributed by atoms with Gasteiger partial charge in [0, 0.05) is 12.0 Å². The number of Topliss-reactive ketones (excluding diaryl/α,β-unsaturated/α-hetero) is 1. The van der Waals surface area contributed by atoms with E-state index in [2.05, 4.69) is 5.32 Å². The first-order valence-electron chi connectivity index (χ1n) is 7.29. The van der Waals surface area contributed by atoms with Gasteiger partial charge in [-0.1, -0.05) is 19.1 Å². The maximum absolute atomic E-state index is 12.7. The SMILES string of the molecule is CC(CC(=O)c1cccc(C(F)(F)F)c1)C1CCCNC1. The summed E-state index contributed by atoms with van der Waals surface area (Å²) in [7, 11) is 0. The number of rotatable bonds is 4. The maximum Gasteiger partial charge on any atom is 0.416 e. The van der Waals surface area contributed by atoms with Crippen LogP contribution in [0.2, 0.25) is 0 Å². The molecule has 0 amide bonds. The Morgan fingerprint density at radius 2 is 2.19 bits per heavy atom. The van der Waals surface area contributed by atoms with Gasteiger partial charge in [0.2, 0.25) is 0 Å². The number of ketones is 1. The summed E-state index contributed by atoms with van der Waals surface area (Å²) in [6.07, 6.45) is -1.94. The van der Waals surface area contributed by atoms with Gasteiger partial charge in [-0.15, -0.1) is 0 Å². The molecule has 1 aliphatic rings. The monoisotopic (exact) mass is 299 g/mol. The molecule has 2 unspecified atom stereocenters. The molecule has 1 fully saturated rings. The molecule has 21 heavy (non-hydrogen) atoms. The van der Waals surface area contributed by atoms with Crippen molar-refractivity contribution in [3.63, 3.8) is 0 Å². The molecule has 0 radical (unpaired) electrons. The molecule has 0 bridgehead atoms. The topological polar surface area (TPSA) is 29.1 Å². The number of nitrogens with one attached hydrogen (secondary N) is 1. The van der Waals surface area contributed by atoms with Gasteiger partial charge in [0.1, 0.15) is 0 Å². The predicted octanol–water partition coefficient (Wildman–Crippen LogP) is 3.91. The van der Waals surface area contributed by atoms with Crippen LogP contribution in [-0.4, -0.2) is 18.9 Å². The first kappa shape index (κ1) is 16.0. The van der Waals surface area contributed by atoms with Crippen LogP contribution >= 0.6 is 0 Å². The van der Waals surface area contributed by atoms with Crippen LogP contribution in [0.25, 0.3) is 0 Å². The third kappa shape index (κ3) is 4.30. The maximum atomic E-state index is 12.7. The Morgan fingerprint density at radius 3 is 2.81 bits per heavy atom. The van der Waals surface area contributed by atoms with E-state index < -0.39 is 11.7 Å². The van der Waals surface area contributed by atoms with Crippen LogP contribution in [0, 0.1) is 11.8 Å². The van der Waals surface area contributed by atoms with Crippen molar-refractivity contribution < 1.29 is 18.0 Å². The van der Waals surface area contributed by atoms with E-state index in [9.17, 15) is 18.0 Å². The highest BCUT2D eigenvalue weighted by Crippen LogP contribution is 2.30. The number of halogens is 3. The van der Waals surface area contributed by atoms with Gasteiger partial charge in [-0.05, 0) is 49.9 Å². The van der Waals surface area contributed by atoms with Crippen molar-refractivity contribution in [3.8, 4) is 0 Å². The van der Waals surface area contributed by atoms with E-state index in [0.29, 0.717) is 12.3 Å². The summed E-state index contributed by atoms with van der Waals surface area (Å²) in [5.41, 5.74) is -0.610. The number of carbonyl (C=O) groups excluding carboxylic acids is 1. The number of alkyl halides is 3. The molecule has 1 aliphatic heterocycles. The molecule has 5 heteroatoms. The fourth-order valence-corrected chi connectivity index (χ4v) is 2.81. The Bertz CT molecular complexity index is 493. The molecule has 1 saturated heterocycles.